The van der Waals surface area contributed by atoms with Crippen LogP contribution in [0.15, 0.2) is 44.5 Å². The van der Waals surface area contributed by atoms with Crippen LogP contribution < -0.4 is 10.6 Å². The highest BCUT2D eigenvalue weighted by molar-refractivity contribution is 9.10. The van der Waals surface area contributed by atoms with Crippen LogP contribution in [0.5, 0.6) is 0 Å². The predicted octanol–water partition coefficient (Wildman–Crippen LogP) is 5.44. The second-order valence-electron chi connectivity index (χ2n) is 5.86. The number of thioether (sulfide) groups is 1. The number of aryl methyl sites for hydroxylation is 1. The molecule has 3 rings (SSSR count). The van der Waals surface area contributed by atoms with Crippen LogP contribution in [0.3, 0.4) is 0 Å². The lowest BCUT2D eigenvalue weighted by Gasteiger charge is -2.12. The van der Waals surface area contributed by atoms with Gasteiger partial charge in [0.15, 0.2) is 4.34 Å². The molecule has 27 heavy (non-hydrogen) atoms. The van der Waals surface area contributed by atoms with Gasteiger partial charge in [0, 0.05) is 15.9 Å². The Morgan fingerprint density at radius 3 is 2.93 bits per heavy atom. The molecule has 0 fully saturated rings. The Morgan fingerprint density at radius 1 is 1.33 bits per heavy atom. The molecule has 0 spiro atoms. The molecule has 2 N–H and O–H groups in total. The molecule has 3 aromatic rings. The van der Waals surface area contributed by atoms with Gasteiger partial charge in [-0.3, -0.25) is 4.79 Å². The second kappa shape index (κ2) is 9.68. The molecule has 9 heteroatoms. The van der Waals surface area contributed by atoms with Crippen LogP contribution in [0.2, 0.25) is 0 Å². The maximum atomic E-state index is 12.5. The first-order valence-electron chi connectivity index (χ1n) is 8.34. The fourth-order valence-electron chi connectivity index (χ4n) is 2.24. The molecule has 0 aliphatic heterocycles. The molecule has 0 aliphatic rings. The number of carbonyl (C=O) groups is 1. The number of thiophene rings is 1. The molecule has 0 saturated heterocycles. The van der Waals surface area contributed by atoms with Crippen LogP contribution in [0, 0.1) is 6.92 Å². The van der Waals surface area contributed by atoms with E-state index in [4.69, 9.17) is 0 Å². The van der Waals surface area contributed by atoms with Gasteiger partial charge in [0.1, 0.15) is 0 Å². The van der Waals surface area contributed by atoms with Gasteiger partial charge < -0.3 is 10.6 Å². The summed E-state index contributed by atoms with van der Waals surface area (Å²) in [5, 5.41) is 17.2. The lowest BCUT2D eigenvalue weighted by Crippen LogP contribution is -2.22. The zero-order valence-corrected chi connectivity index (χ0v) is 18.9. The van der Waals surface area contributed by atoms with E-state index < -0.39 is 0 Å². The molecule has 2 heterocycles. The molecule has 1 unspecified atom stereocenters. The second-order valence-corrected chi connectivity index (χ2v) is 10.3. The van der Waals surface area contributed by atoms with Crippen molar-refractivity contribution in [3.8, 4) is 0 Å². The van der Waals surface area contributed by atoms with Crippen LogP contribution in [0.1, 0.15) is 17.4 Å². The first-order valence-corrected chi connectivity index (χ1v) is 11.7. The lowest BCUT2D eigenvalue weighted by molar-refractivity contribution is -0.115. The number of benzene rings is 1. The predicted molar refractivity (Wildman–Crippen MR) is 119 cm³/mol. The summed E-state index contributed by atoms with van der Waals surface area (Å²) in [6.07, 6.45) is 0.962. The van der Waals surface area contributed by atoms with Crippen molar-refractivity contribution >= 4 is 67.1 Å². The number of aromatic nitrogens is 2. The number of anilines is 2. The molecule has 1 amide bonds. The van der Waals surface area contributed by atoms with Crippen molar-refractivity contribution in [1.82, 2.24) is 10.2 Å². The molecule has 2 aromatic heterocycles. The van der Waals surface area contributed by atoms with Gasteiger partial charge in [-0.25, -0.2) is 0 Å². The maximum Gasteiger partial charge on any atom is 0.237 e. The zero-order chi connectivity index (χ0) is 19.2. The third-order valence-corrected chi connectivity index (χ3v) is 7.32. The third kappa shape index (κ3) is 6.03. The highest BCUT2D eigenvalue weighted by Gasteiger charge is 2.18. The van der Waals surface area contributed by atoms with Crippen LogP contribution in [-0.2, 0) is 11.2 Å². The quantitative estimate of drug-likeness (QED) is 0.418. The minimum Gasteiger partial charge on any atom is -0.360 e. The summed E-state index contributed by atoms with van der Waals surface area (Å²) in [5.41, 5.74) is 1.90. The maximum absolute atomic E-state index is 12.5. The van der Waals surface area contributed by atoms with Crippen molar-refractivity contribution in [2.45, 2.75) is 29.9 Å². The molecule has 0 radical (unpaired) electrons. The summed E-state index contributed by atoms with van der Waals surface area (Å²) in [4.78, 5) is 13.8. The van der Waals surface area contributed by atoms with Crippen LogP contribution in [0.25, 0.3) is 0 Å². The van der Waals surface area contributed by atoms with Crippen LogP contribution in [-0.4, -0.2) is 27.9 Å². The summed E-state index contributed by atoms with van der Waals surface area (Å²) in [6.45, 7) is 4.70. The molecule has 0 aliphatic carbocycles. The molecule has 1 aromatic carbocycles. The third-order valence-electron chi connectivity index (χ3n) is 3.66. The Bertz CT molecular complexity index is 898. The van der Waals surface area contributed by atoms with E-state index in [9.17, 15) is 4.79 Å². The number of halogens is 1. The summed E-state index contributed by atoms with van der Waals surface area (Å²) in [7, 11) is 0. The van der Waals surface area contributed by atoms with Gasteiger partial charge in [-0.1, -0.05) is 35.2 Å². The Kier molecular flexibility index (Phi) is 7.28. The number of rotatable bonds is 8. The van der Waals surface area contributed by atoms with Crippen molar-refractivity contribution in [3.63, 3.8) is 0 Å². The molecule has 0 saturated carbocycles. The summed E-state index contributed by atoms with van der Waals surface area (Å²) in [5.74, 6) is -0.0630. The van der Waals surface area contributed by atoms with Crippen molar-refractivity contribution in [2.24, 2.45) is 0 Å². The number of amides is 1. The van der Waals surface area contributed by atoms with Gasteiger partial charge in [0.05, 0.1) is 10.9 Å². The summed E-state index contributed by atoms with van der Waals surface area (Å²) < 4.78 is 1.65. The highest BCUT2D eigenvalue weighted by Crippen LogP contribution is 2.30. The molecular formula is C18H19BrN4OS3. The molecule has 0 bridgehead atoms. The number of hydrogen-bond acceptors (Lipinski definition) is 7. The van der Waals surface area contributed by atoms with E-state index in [0.29, 0.717) is 0 Å². The SMILES string of the molecule is Cc1ccc(NC(=O)C(C)Sc2nnc(NCCc3cccs3)s2)c(Br)c1. The van der Waals surface area contributed by atoms with E-state index in [0.717, 1.165) is 38.2 Å². The zero-order valence-electron chi connectivity index (χ0n) is 14.9. The normalized spacial score (nSPS) is 12.0. The van der Waals surface area contributed by atoms with E-state index in [1.165, 1.54) is 28.0 Å². The summed E-state index contributed by atoms with van der Waals surface area (Å²) in [6, 6.07) is 10.0. The van der Waals surface area contributed by atoms with Gasteiger partial charge >= 0.3 is 0 Å². The molecule has 5 nitrogen and oxygen atoms in total. The Balaban J connectivity index is 1.49. The number of carbonyl (C=O) groups excluding carboxylic acids is 1. The first-order chi connectivity index (χ1) is 13.0. The van der Waals surface area contributed by atoms with Crippen molar-refractivity contribution < 1.29 is 4.79 Å². The topological polar surface area (TPSA) is 66.9 Å². The number of hydrogen-bond donors (Lipinski definition) is 2. The average Bonchev–Trinajstić information content (AvgIpc) is 3.29. The summed E-state index contributed by atoms with van der Waals surface area (Å²) >= 11 is 8.12. The highest BCUT2D eigenvalue weighted by atomic mass is 79.9. The largest absolute Gasteiger partial charge is 0.360 e. The first kappa shape index (κ1) is 20.3. The minimum absolute atomic E-state index is 0.0630. The Morgan fingerprint density at radius 2 is 2.19 bits per heavy atom. The van der Waals surface area contributed by atoms with E-state index in [1.54, 1.807) is 11.3 Å². The standard InChI is InChI=1S/C18H19BrN4OS3/c1-11-5-6-15(14(19)10-11)21-16(24)12(2)26-18-23-22-17(27-18)20-8-7-13-4-3-9-25-13/h3-6,9-10,12H,7-8H2,1-2H3,(H,20,22)(H,21,24). The van der Waals surface area contributed by atoms with Crippen LogP contribution in [0.4, 0.5) is 10.8 Å². The van der Waals surface area contributed by atoms with Gasteiger partial charge in [0.2, 0.25) is 11.0 Å². The van der Waals surface area contributed by atoms with E-state index >= 15 is 0 Å². The number of nitrogens with zero attached hydrogens (tertiary/aromatic N) is 2. The van der Waals surface area contributed by atoms with Gasteiger partial charge in [-0.2, -0.15) is 0 Å². The van der Waals surface area contributed by atoms with Gasteiger partial charge in [0.25, 0.3) is 0 Å². The van der Waals surface area contributed by atoms with Gasteiger partial charge in [-0.05, 0) is 65.3 Å². The number of nitrogens with one attached hydrogen (secondary N) is 2. The molecular weight excluding hydrogens is 464 g/mol. The smallest absolute Gasteiger partial charge is 0.237 e. The van der Waals surface area contributed by atoms with Crippen molar-refractivity contribution in [1.29, 1.82) is 0 Å². The minimum atomic E-state index is -0.273. The van der Waals surface area contributed by atoms with E-state index in [2.05, 4.69) is 54.3 Å². The lowest BCUT2D eigenvalue weighted by atomic mass is 10.2. The van der Waals surface area contributed by atoms with Crippen molar-refractivity contribution in [2.75, 3.05) is 17.2 Å². The fraction of sp³-hybridized carbons (Fsp3) is 0.278. The fourth-order valence-corrected chi connectivity index (χ4v) is 5.46. The molecule has 142 valence electrons. The van der Waals surface area contributed by atoms with Crippen molar-refractivity contribution in [3.05, 3.63) is 50.6 Å². The van der Waals surface area contributed by atoms with Gasteiger partial charge in [-0.15, -0.1) is 21.5 Å². The average molecular weight is 483 g/mol. The Labute approximate surface area is 179 Å². The molecule has 1 atom stereocenters. The van der Waals surface area contributed by atoms with E-state index in [-0.39, 0.29) is 11.2 Å². The monoisotopic (exact) mass is 482 g/mol. The van der Waals surface area contributed by atoms with Crippen LogP contribution >= 0.6 is 50.4 Å². The Hall–Kier alpha value is -1.42. The van der Waals surface area contributed by atoms with E-state index in [1.807, 2.05) is 32.0 Å².